The lowest BCUT2D eigenvalue weighted by molar-refractivity contribution is -0.120. The molecule has 1 atom stereocenters. The van der Waals surface area contributed by atoms with Gasteiger partial charge in [-0.15, -0.1) is 11.3 Å². The van der Waals surface area contributed by atoms with E-state index in [1.54, 1.807) is 26.0 Å². The van der Waals surface area contributed by atoms with Crippen LogP contribution in [0.1, 0.15) is 40.6 Å². The minimum absolute atomic E-state index is 0.0250. The summed E-state index contributed by atoms with van der Waals surface area (Å²) in [7, 11) is -2.27. The highest BCUT2D eigenvalue weighted by molar-refractivity contribution is 7.89. The average molecular weight is 492 g/mol. The number of methoxy groups -OCH3 is 1. The number of nitrogens with one attached hydrogen (secondary N) is 1. The van der Waals surface area contributed by atoms with E-state index < -0.39 is 27.8 Å². The molecule has 1 fully saturated rings. The molecular weight excluding hydrogens is 466 g/mol. The molecule has 1 aliphatic rings. The van der Waals surface area contributed by atoms with Crippen molar-refractivity contribution in [3.05, 3.63) is 40.3 Å². The van der Waals surface area contributed by atoms with Gasteiger partial charge in [0, 0.05) is 13.1 Å². The zero-order valence-electron chi connectivity index (χ0n) is 18.6. The van der Waals surface area contributed by atoms with E-state index in [9.17, 15) is 23.3 Å². The van der Waals surface area contributed by atoms with Crippen molar-refractivity contribution in [1.29, 1.82) is 5.26 Å². The van der Waals surface area contributed by atoms with Gasteiger partial charge in [0.1, 0.15) is 21.7 Å². The maximum absolute atomic E-state index is 13.1. The number of amides is 1. The summed E-state index contributed by atoms with van der Waals surface area (Å²) < 4.78 is 37.5. The lowest BCUT2D eigenvalue weighted by atomic mass is 9.99. The van der Waals surface area contributed by atoms with Gasteiger partial charge in [-0.2, -0.15) is 9.57 Å². The quantitative estimate of drug-likeness (QED) is 0.590. The van der Waals surface area contributed by atoms with Gasteiger partial charge in [0.2, 0.25) is 15.9 Å². The summed E-state index contributed by atoms with van der Waals surface area (Å²) in [5.41, 5.74) is 0.651. The molecule has 0 aliphatic carbocycles. The number of hydrogen-bond acceptors (Lipinski definition) is 8. The zero-order valence-corrected chi connectivity index (χ0v) is 20.2. The average Bonchev–Trinajstić information content (AvgIpc) is 3.14. The van der Waals surface area contributed by atoms with E-state index >= 15 is 0 Å². The molecule has 3 rings (SSSR count). The van der Waals surface area contributed by atoms with Gasteiger partial charge in [-0.25, -0.2) is 13.2 Å². The lowest BCUT2D eigenvalue weighted by Crippen LogP contribution is -2.43. The monoisotopic (exact) mass is 491 g/mol. The van der Waals surface area contributed by atoms with Crippen LogP contribution in [0.5, 0.6) is 5.75 Å². The fourth-order valence-corrected chi connectivity index (χ4v) is 6.19. The molecule has 9 nitrogen and oxygen atoms in total. The van der Waals surface area contributed by atoms with Crippen LogP contribution in [0.2, 0.25) is 0 Å². The summed E-state index contributed by atoms with van der Waals surface area (Å²) in [5.74, 6) is -0.984. The smallest absolute Gasteiger partial charge is 0.348 e. The Balaban J connectivity index is 1.77. The van der Waals surface area contributed by atoms with Crippen LogP contribution >= 0.6 is 11.3 Å². The van der Waals surface area contributed by atoms with Gasteiger partial charge in [-0.1, -0.05) is 0 Å². The third-order valence-corrected chi connectivity index (χ3v) is 8.47. The van der Waals surface area contributed by atoms with E-state index in [2.05, 4.69) is 5.32 Å². The van der Waals surface area contributed by atoms with Crippen molar-refractivity contribution in [2.24, 2.45) is 5.92 Å². The maximum Gasteiger partial charge on any atom is 0.348 e. The number of carbonyl (C=O) groups is 2. The van der Waals surface area contributed by atoms with Crippen molar-refractivity contribution in [3.63, 3.8) is 0 Å². The second kappa shape index (κ2) is 10.3. The summed E-state index contributed by atoms with van der Waals surface area (Å²) in [4.78, 5) is 25.5. The molecule has 176 valence electrons. The van der Waals surface area contributed by atoms with Crippen molar-refractivity contribution in [2.45, 2.75) is 31.6 Å². The fraction of sp³-hybridized carbons (Fsp3) is 0.409. The number of thiophene rings is 1. The van der Waals surface area contributed by atoms with Gasteiger partial charge >= 0.3 is 5.97 Å². The third kappa shape index (κ3) is 5.19. The maximum atomic E-state index is 13.1. The third-order valence-electron chi connectivity index (χ3n) is 5.41. The first-order valence-electron chi connectivity index (χ1n) is 10.4. The second-order valence-corrected chi connectivity index (χ2v) is 10.4. The highest BCUT2D eigenvalue weighted by Crippen LogP contribution is 2.34. The number of anilines is 1. The van der Waals surface area contributed by atoms with Crippen molar-refractivity contribution in [2.75, 3.05) is 32.1 Å². The van der Waals surface area contributed by atoms with E-state index in [1.165, 1.54) is 23.5 Å². The Hall–Kier alpha value is -2.94. The molecule has 1 unspecified atom stereocenters. The highest BCUT2D eigenvalue weighted by Gasteiger charge is 2.34. The molecule has 0 bridgehead atoms. The van der Waals surface area contributed by atoms with Crippen LogP contribution < -0.4 is 10.1 Å². The molecule has 33 heavy (non-hydrogen) atoms. The first-order chi connectivity index (χ1) is 15.7. The van der Waals surface area contributed by atoms with Crippen molar-refractivity contribution in [3.8, 4) is 11.8 Å². The minimum Gasteiger partial charge on any atom is -0.497 e. The number of nitrogens with zero attached hydrogens (tertiary/aromatic N) is 2. The first-order valence-corrected chi connectivity index (χ1v) is 12.6. The molecule has 2 aromatic rings. The molecule has 11 heteroatoms. The molecule has 1 aromatic heterocycles. The first kappa shape index (κ1) is 24.7. The van der Waals surface area contributed by atoms with Gasteiger partial charge < -0.3 is 14.8 Å². The SMILES string of the molecule is CCOC(=O)c1sc(NC(=O)C2CCCN(S(=O)(=O)c3ccc(OC)cc3)C2)c(C#N)c1C. The molecule has 0 saturated carbocycles. The molecule has 1 amide bonds. The topological polar surface area (TPSA) is 126 Å². The number of benzene rings is 1. The van der Waals surface area contributed by atoms with Gasteiger partial charge in [0.25, 0.3) is 0 Å². The van der Waals surface area contributed by atoms with E-state index in [-0.39, 0.29) is 33.5 Å². The van der Waals surface area contributed by atoms with E-state index in [0.29, 0.717) is 30.7 Å². The highest BCUT2D eigenvalue weighted by atomic mass is 32.2. The number of sulfonamides is 1. The molecule has 1 saturated heterocycles. The van der Waals surface area contributed by atoms with E-state index in [0.717, 1.165) is 11.3 Å². The van der Waals surface area contributed by atoms with Crippen LogP contribution in [0.15, 0.2) is 29.2 Å². The number of ether oxygens (including phenoxy) is 2. The van der Waals surface area contributed by atoms with Crippen molar-refractivity contribution < 1.29 is 27.5 Å². The van der Waals surface area contributed by atoms with Crippen LogP contribution in [-0.4, -0.2) is 51.4 Å². The summed E-state index contributed by atoms with van der Waals surface area (Å²) in [5, 5.41) is 12.5. The van der Waals surface area contributed by atoms with Gasteiger partial charge in [0.05, 0.1) is 30.1 Å². The van der Waals surface area contributed by atoms with Crippen LogP contribution in [0.25, 0.3) is 0 Å². The molecule has 1 aliphatic heterocycles. The number of esters is 1. The lowest BCUT2D eigenvalue weighted by Gasteiger charge is -2.31. The predicted octanol–water partition coefficient (Wildman–Crippen LogP) is 3.15. The zero-order chi connectivity index (χ0) is 24.2. The molecule has 0 spiro atoms. The Morgan fingerprint density at radius 2 is 2.00 bits per heavy atom. The minimum atomic E-state index is -3.77. The van der Waals surface area contributed by atoms with Crippen LogP contribution in [0.3, 0.4) is 0 Å². The van der Waals surface area contributed by atoms with E-state index in [1.807, 2.05) is 6.07 Å². The van der Waals surface area contributed by atoms with Crippen LogP contribution in [0.4, 0.5) is 5.00 Å². The van der Waals surface area contributed by atoms with Crippen molar-refractivity contribution in [1.82, 2.24) is 4.31 Å². The molecule has 2 heterocycles. The van der Waals surface area contributed by atoms with Gasteiger partial charge in [-0.3, -0.25) is 4.79 Å². The number of hydrogen-bond donors (Lipinski definition) is 1. The summed E-state index contributed by atoms with van der Waals surface area (Å²) >= 11 is 0.985. The Kier molecular flexibility index (Phi) is 7.73. The molecule has 0 radical (unpaired) electrons. The number of piperidine rings is 1. The predicted molar refractivity (Wildman–Crippen MR) is 123 cm³/mol. The summed E-state index contributed by atoms with van der Waals surface area (Å²) in [6, 6.07) is 8.12. The molecule has 1 aromatic carbocycles. The standard InChI is InChI=1S/C22H25N3O6S2/c1-4-31-22(27)19-14(2)18(12-23)21(32-19)24-20(26)15-6-5-11-25(13-15)33(28,29)17-9-7-16(30-3)8-10-17/h7-10,15H,4-6,11,13H2,1-3H3,(H,24,26). The Labute approximate surface area is 197 Å². The van der Waals surface area contributed by atoms with E-state index in [4.69, 9.17) is 9.47 Å². The number of carbonyl (C=O) groups excluding carboxylic acids is 2. The number of nitriles is 1. The summed E-state index contributed by atoms with van der Waals surface area (Å²) in [6.45, 7) is 3.84. The largest absolute Gasteiger partial charge is 0.497 e. The van der Waals surface area contributed by atoms with Gasteiger partial charge in [-0.05, 0) is 56.5 Å². The second-order valence-electron chi connectivity index (χ2n) is 7.46. The molecule has 1 N–H and O–H groups in total. The molecular formula is C22H25N3O6S2. The Morgan fingerprint density at radius 3 is 2.61 bits per heavy atom. The normalized spacial score (nSPS) is 16.6. The Morgan fingerprint density at radius 1 is 1.30 bits per heavy atom. The number of rotatable bonds is 7. The van der Waals surface area contributed by atoms with Crippen LogP contribution in [-0.2, 0) is 19.6 Å². The Bertz CT molecular complexity index is 1180. The fourth-order valence-electron chi connectivity index (χ4n) is 3.61. The van der Waals surface area contributed by atoms with Gasteiger partial charge in [0.15, 0.2) is 0 Å². The van der Waals surface area contributed by atoms with Crippen molar-refractivity contribution >= 4 is 38.2 Å². The van der Waals surface area contributed by atoms with Crippen LogP contribution in [0, 0.1) is 24.2 Å². The summed E-state index contributed by atoms with van der Waals surface area (Å²) in [6.07, 6.45) is 1.04.